The van der Waals surface area contributed by atoms with Crippen LogP contribution in [-0.2, 0) is 4.79 Å². The molecule has 2 amide bonds. The van der Waals surface area contributed by atoms with E-state index in [1.54, 1.807) is 13.0 Å². The number of amides is 2. The van der Waals surface area contributed by atoms with Crippen LogP contribution in [0.4, 0.5) is 0 Å². The van der Waals surface area contributed by atoms with Crippen molar-refractivity contribution in [3.05, 3.63) is 48.3 Å². The number of carbonyl (C=O) groups excluding carboxylic acids is 2. The van der Waals surface area contributed by atoms with Gasteiger partial charge in [0, 0.05) is 24.0 Å². The zero-order valence-corrected chi connectivity index (χ0v) is 16.0. The van der Waals surface area contributed by atoms with Crippen LogP contribution in [-0.4, -0.2) is 33.4 Å². The van der Waals surface area contributed by atoms with Gasteiger partial charge in [-0.2, -0.15) is 0 Å². The summed E-state index contributed by atoms with van der Waals surface area (Å²) in [6, 6.07) is 9.00. The van der Waals surface area contributed by atoms with Gasteiger partial charge in [-0.1, -0.05) is 24.2 Å². The molecule has 1 aromatic carbocycles. The summed E-state index contributed by atoms with van der Waals surface area (Å²) in [6.07, 6.45) is 8.25. The van der Waals surface area contributed by atoms with Gasteiger partial charge in [0.15, 0.2) is 5.13 Å². The molecule has 1 aliphatic carbocycles. The molecule has 27 heavy (non-hydrogen) atoms. The molecule has 3 aromatic rings. The van der Waals surface area contributed by atoms with Crippen LogP contribution in [0.1, 0.15) is 43.0 Å². The third kappa shape index (κ3) is 3.88. The van der Waals surface area contributed by atoms with E-state index in [0.717, 1.165) is 41.0 Å². The van der Waals surface area contributed by atoms with E-state index in [-0.39, 0.29) is 17.9 Å². The van der Waals surface area contributed by atoms with Crippen LogP contribution < -0.4 is 10.6 Å². The molecule has 1 aliphatic rings. The predicted molar refractivity (Wildman–Crippen MR) is 106 cm³/mol. The number of aromatic nitrogens is 2. The van der Waals surface area contributed by atoms with Gasteiger partial charge in [0.1, 0.15) is 6.04 Å². The minimum absolute atomic E-state index is 0.121. The summed E-state index contributed by atoms with van der Waals surface area (Å²) in [5, 5.41) is 6.67. The fourth-order valence-corrected chi connectivity index (χ4v) is 4.34. The Kier molecular flexibility index (Phi) is 4.94. The van der Waals surface area contributed by atoms with Crippen molar-refractivity contribution in [3.63, 3.8) is 0 Å². The summed E-state index contributed by atoms with van der Waals surface area (Å²) in [4.78, 5) is 29.4. The van der Waals surface area contributed by atoms with Crippen LogP contribution in [0.15, 0.2) is 42.7 Å². The van der Waals surface area contributed by atoms with Crippen molar-refractivity contribution in [1.82, 2.24) is 20.2 Å². The second-order valence-electron chi connectivity index (χ2n) is 6.95. The average Bonchev–Trinajstić information content (AvgIpc) is 3.41. The highest BCUT2D eigenvalue weighted by Crippen LogP contribution is 2.26. The molecule has 1 saturated carbocycles. The highest BCUT2D eigenvalue weighted by atomic mass is 32.1. The Bertz CT molecular complexity index is 958. The monoisotopic (exact) mass is 382 g/mol. The number of benzene rings is 1. The van der Waals surface area contributed by atoms with Gasteiger partial charge in [0.05, 0.1) is 10.2 Å². The third-order valence-corrected chi connectivity index (χ3v) is 5.94. The molecule has 2 N–H and O–H groups in total. The van der Waals surface area contributed by atoms with Gasteiger partial charge in [0.25, 0.3) is 5.91 Å². The number of hydrogen-bond acceptors (Lipinski definition) is 4. The number of nitrogens with one attached hydrogen (secondary N) is 2. The number of thiazole rings is 1. The van der Waals surface area contributed by atoms with Gasteiger partial charge in [-0.3, -0.25) is 9.59 Å². The second kappa shape index (κ2) is 7.52. The lowest BCUT2D eigenvalue weighted by molar-refractivity contribution is -0.123. The second-order valence-corrected chi connectivity index (χ2v) is 7.96. The molecule has 0 saturated heterocycles. The molecular weight excluding hydrogens is 360 g/mol. The molecule has 140 valence electrons. The van der Waals surface area contributed by atoms with E-state index >= 15 is 0 Å². The molecule has 6 nitrogen and oxygen atoms in total. The first-order chi connectivity index (χ1) is 13.1. The lowest BCUT2D eigenvalue weighted by atomic mass is 10.1. The van der Waals surface area contributed by atoms with Crippen LogP contribution in [0.2, 0.25) is 0 Å². The van der Waals surface area contributed by atoms with E-state index in [0.29, 0.717) is 5.56 Å². The molecule has 0 aliphatic heterocycles. The summed E-state index contributed by atoms with van der Waals surface area (Å²) in [7, 11) is 0. The lowest BCUT2D eigenvalue weighted by Crippen LogP contribution is -2.47. The molecule has 1 fully saturated rings. The van der Waals surface area contributed by atoms with Crippen molar-refractivity contribution in [3.8, 4) is 5.13 Å². The SMILES string of the molecule is C[C@@H](NC(=O)c1ccc2nc(-n3cccc3)sc2c1)C(=O)NC1CCCC1. The molecule has 2 heterocycles. The Morgan fingerprint density at radius 3 is 2.70 bits per heavy atom. The van der Waals surface area contributed by atoms with Crippen molar-refractivity contribution in [2.24, 2.45) is 0 Å². The van der Waals surface area contributed by atoms with E-state index in [2.05, 4.69) is 15.6 Å². The predicted octanol–water partition coefficient (Wildman–Crippen LogP) is 3.26. The zero-order valence-electron chi connectivity index (χ0n) is 15.1. The fraction of sp³-hybridized carbons (Fsp3) is 0.350. The normalized spacial score (nSPS) is 15.7. The zero-order chi connectivity index (χ0) is 18.8. The fourth-order valence-electron chi connectivity index (χ4n) is 3.37. The number of rotatable bonds is 5. The molecular formula is C20H22N4O2S. The van der Waals surface area contributed by atoms with Gasteiger partial charge >= 0.3 is 0 Å². The number of fused-ring (bicyclic) bond motifs is 1. The molecule has 0 radical (unpaired) electrons. The maximum absolute atomic E-state index is 12.6. The minimum atomic E-state index is -0.564. The Balaban J connectivity index is 1.44. The first-order valence-corrected chi connectivity index (χ1v) is 10.1. The average molecular weight is 382 g/mol. The first-order valence-electron chi connectivity index (χ1n) is 9.25. The quantitative estimate of drug-likeness (QED) is 0.711. The van der Waals surface area contributed by atoms with Crippen molar-refractivity contribution in [2.75, 3.05) is 0 Å². The maximum atomic E-state index is 12.6. The van der Waals surface area contributed by atoms with Crippen molar-refractivity contribution < 1.29 is 9.59 Å². The molecule has 7 heteroatoms. The number of hydrogen-bond donors (Lipinski definition) is 2. The molecule has 0 spiro atoms. The van der Waals surface area contributed by atoms with Crippen LogP contribution in [0.5, 0.6) is 0 Å². The van der Waals surface area contributed by atoms with Gasteiger partial charge in [0.2, 0.25) is 5.91 Å². The van der Waals surface area contributed by atoms with E-state index < -0.39 is 6.04 Å². The molecule has 0 unspecified atom stereocenters. The van der Waals surface area contributed by atoms with Crippen LogP contribution in [0.25, 0.3) is 15.3 Å². The van der Waals surface area contributed by atoms with Gasteiger partial charge in [-0.25, -0.2) is 4.98 Å². The molecule has 1 atom stereocenters. The van der Waals surface area contributed by atoms with Gasteiger partial charge in [-0.15, -0.1) is 0 Å². The summed E-state index contributed by atoms with van der Waals surface area (Å²) >= 11 is 1.53. The largest absolute Gasteiger partial charge is 0.352 e. The Morgan fingerprint density at radius 1 is 1.22 bits per heavy atom. The summed E-state index contributed by atoms with van der Waals surface area (Å²) in [5.74, 6) is -0.370. The molecule has 0 bridgehead atoms. The van der Waals surface area contributed by atoms with Crippen LogP contribution in [0, 0.1) is 0 Å². The van der Waals surface area contributed by atoms with E-state index in [1.807, 2.05) is 41.2 Å². The third-order valence-electron chi connectivity index (χ3n) is 4.91. The highest BCUT2D eigenvalue weighted by molar-refractivity contribution is 7.20. The Morgan fingerprint density at radius 2 is 1.96 bits per heavy atom. The van der Waals surface area contributed by atoms with Crippen molar-refractivity contribution in [1.29, 1.82) is 0 Å². The standard InChI is InChI=1S/C20H22N4O2S/c1-13(18(25)22-15-6-2-3-7-15)21-19(26)14-8-9-16-17(12-14)27-20(23-16)24-10-4-5-11-24/h4-5,8-13,15H,2-3,6-7H2,1H3,(H,21,26)(H,22,25)/t13-/m1/s1. The Labute approximate surface area is 161 Å². The van der Waals surface area contributed by atoms with Crippen LogP contribution in [0.3, 0.4) is 0 Å². The van der Waals surface area contributed by atoms with E-state index in [1.165, 1.54) is 11.3 Å². The summed E-state index contributed by atoms with van der Waals surface area (Å²) in [5.41, 5.74) is 1.39. The van der Waals surface area contributed by atoms with E-state index in [4.69, 9.17) is 0 Å². The lowest BCUT2D eigenvalue weighted by Gasteiger charge is -2.17. The van der Waals surface area contributed by atoms with E-state index in [9.17, 15) is 9.59 Å². The van der Waals surface area contributed by atoms with Crippen LogP contribution >= 0.6 is 11.3 Å². The minimum Gasteiger partial charge on any atom is -0.352 e. The summed E-state index contributed by atoms with van der Waals surface area (Å²) < 4.78 is 2.88. The number of nitrogens with zero attached hydrogens (tertiary/aromatic N) is 2. The highest BCUT2D eigenvalue weighted by Gasteiger charge is 2.22. The molecule has 2 aromatic heterocycles. The smallest absolute Gasteiger partial charge is 0.251 e. The Hall–Kier alpha value is -2.67. The van der Waals surface area contributed by atoms with Crippen molar-refractivity contribution >= 4 is 33.4 Å². The van der Waals surface area contributed by atoms with Crippen molar-refractivity contribution in [2.45, 2.75) is 44.7 Å². The van der Waals surface area contributed by atoms with Gasteiger partial charge < -0.3 is 15.2 Å². The van der Waals surface area contributed by atoms with Gasteiger partial charge in [-0.05, 0) is 50.1 Å². The number of carbonyl (C=O) groups is 2. The topological polar surface area (TPSA) is 76.0 Å². The summed E-state index contributed by atoms with van der Waals surface area (Å²) in [6.45, 7) is 1.72. The maximum Gasteiger partial charge on any atom is 0.251 e. The first kappa shape index (κ1) is 17.7. The molecule has 4 rings (SSSR count).